The van der Waals surface area contributed by atoms with Gasteiger partial charge in [0.15, 0.2) is 5.41 Å². The molecule has 0 bridgehead atoms. The Hall–Kier alpha value is -2.36. The number of likely N-dealkylation sites (tertiary alicyclic amines) is 1. The van der Waals surface area contributed by atoms with E-state index >= 15 is 0 Å². The number of halogens is 3. The lowest BCUT2D eigenvalue weighted by atomic mass is 9.86. The van der Waals surface area contributed by atoms with Crippen LogP contribution in [0.3, 0.4) is 0 Å². The number of aliphatic carboxylic acids is 1. The van der Waals surface area contributed by atoms with Crippen LogP contribution in [0.4, 0.5) is 13.2 Å². The van der Waals surface area contributed by atoms with Crippen molar-refractivity contribution < 1.29 is 32.3 Å². The van der Waals surface area contributed by atoms with Crippen molar-refractivity contribution in [2.24, 2.45) is 5.41 Å². The van der Waals surface area contributed by atoms with E-state index in [1.54, 1.807) is 11.4 Å². The van der Waals surface area contributed by atoms with Crippen molar-refractivity contribution in [2.75, 3.05) is 13.1 Å². The topological polar surface area (TPSA) is 83.6 Å². The molecule has 1 saturated heterocycles. The van der Waals surface area contributed by atoms with Crippen LogP contribution in [0.2, 0.25) is 0 Å². The highest BCUT2D eigenvalue weighted by molar-refractivity contribution is 7.13. The number of thiazole rings is 1. The van der Waals surface area contributed by atoms with Gasteiger partial charge in [-0.05, 0) is 12.5 Å². The molecule has 134 valence electrons. The van der Waals surface area contributed by atoms with Crippen LogP contribution in [-0.2, 0) is 16.0 Å². The third-order valence-electron chi connectivity index (χ3n) is 4.23. The standard InChI is InChI=1S/C15H13F3N2O4S/c16-15(17,18)14(13(22)23)2-3-20(8-14)11(21)5-10-7-25-12(19-10)9-1-4-24-6-9/h1,4,6-7H,2-3,5,8H2,(H,22,23). The number of carbonyl (C=O) groups is 2. The second-order valence-electron chi connectivity index (χ2n) is 5.78. The molecule has 1 amide bonds. The third kappa shape index (κ3) is 3.13. The minimum atomic E-state index is -4.91. The second kappa shape index (κ2) is 6.17. The van der Waals surface area contributed by atoms with Crippen LogP contribution in [0.25, 0.3) is 10.6 Å². The highest BCUT2D eigenvalue weighted by Crippen LogP contribution is 2.45. The molecule has 6 nitrogen and oxygen atoms in total. The number of furan rings is 1. The number of carboxylic acid groups (broad SMARTS) is 1. The molecule has 0 aliphatic carbocycles. The molecule has 1 unspecified atom stereocenters. The number of hydrogen-bond acceptors (Lipinski definition) is 5. The highest BCUT2D eigenvalue weighted by Gasteiger charge is 2.64. The first-order valence-corrected chi connectivity index (χ1v) is 8.16. The molecule has 2 aromatic heterocycles. The summed E-state index contributed by atoms with van der Waals surface area (Å²) in [5.41, 5.74) is -1.73. The summed E-state index contributed by atoms with van der Waals surface area (Å²) >= 11 is 1.28. The lowest BCUT2D eigenvalue weighted by Gasteiger charge is -2.27. The molecule has 25 heavy (non-hydrogen) atoms. The van der Waals surface area contributed by atoms with Crippen molar-refractivity contribution >= 4 is 23.2 Å². The molecule has 1 aliphatic heterocycles. The maximum atomic E-state index is 13.2. The van der Waals surface area contributed by atoms with E-state index in [-0.39, 0.29) is 13.0 Å². The van der Waals surface area contributed by atoms with Crippen LogP contribution >= 0.6 is 11.3 Å². The Bertz CT molecular complexity index is 787. The summed E-state index contributed by atoms with van der Waals surface area (Å²) in [5, 5.41) is 11.3. The van der Waals surface area contributed by atoms with Crippen molar-refractivity contribution in [2.45, 2.75) is 19.0 Å². The van der Waals surface area contributed by atoms with Crippen LogP contribution < -0.4 is 0 Å². The number of carbonyl (C=O) groups excluding carboxylic acids is 1. The molecule has 0 radical (unpaired) electrons. The van der Waals surface area contributed by atoms with E-state index in [2.05, 4.69) is 4.98 Å². The quantitative estimate of drug-likeness (QED) is 0.890. The Morgan fingerprint density at radius 3 is 2.76 bits per heavy atom. The van der Waals surface area contributed by atoms with Crippen LogP contribution in [-0.4, -0.2) is 46.1 Å². The minimum Gasteiger partial charge on any atom is -0.481 e. The van der Waals surface area contributed by atoms with Gasteiger partial charge in [0.05, 0.1) is 18.4 Å². The van der Waals surface area contributed by atoms with Gasteiger partial charge in [-0.2, -0.15) is 13.2 Å². The first kappa shape index (κ1) is 17.5. The zero-order valence-corrected chi connectivity index (χ0v) is 13.6. The fourth-order valence-electron chi connectivity index (χ4n) is 2.72. The van der Waals surface area contributed by atoms with E-state index in [9.17, 15) is 22.8 Å². The number of amides is 1. The summed E-state index contributed by atoms with van der Waals surface area (Å²) in [7, 11) is 0. The molecule has 1 aliphatic rings. The van der Waals surface area contributed by atoms with Gasteiger partial charge in [-0.15, -0.1) is 11.3 Å². The molecule has 1 N–H and O–H groups in total. The lowest BCUT2D eigenvalue weighted by Crippen LogP contribution is -2.47. The summed E-state index contributed by atoms with van der Waals surface area (Å²) in [4.78, 5) is 28.6. The lowest BCUT2D eigenvalue weighted by molar-refractivity contribution is -0.227. The molecule has 3 rings (SSSR count). The van der Waals surface area contributed by atoms with Gasteiger partial charge < -0.3 is 14.4 Å². The van der Waals surface area contributed by atoms with Crippen LogP contribution in [0.1, 0.15) is 12.1 Å². The first-order chi connectivity index (χ1) is 11.7. The number of carboxylic acids is 1. The first-order valence-electron chi connectivity index (χ1n) is 7.28. The van der Waals surface area contributed by atoms with Crippen molar-refractivity contribution in [3.05, 3.63) is 29.7 Å². The predicted octanol–water partition coefficient (Wildman–Crippen LogP) is 2.81. The Morgan fingerprint density at radius 1 is 1.44 bits per heavy atom. The maximum Gasteiger partial charge on any atom is 0.406 e. The molecular formula is C15H13F3N2O4S. The smallest absolute Gasteiger partial charge is 0.406 e. The fraction of sp³-hybridized carbons (Fsp3) is 0.400. The Kier molecular flexibility index (Phi) is 4.31. The zero-order valence-electron chi connectivity index (χ0n) is 12.7. The van der Waals surface area contributed by atoms with Gasteiger partial charge in [0.2, 0.25) is 5.91 Å². The normalized spacial score (nSPS) is 20.8. The number of nitrogens with zero attached hydrogens (tertiary/aromatic N) is 2. The average molecular weight is 374 g/mol. The van der Waals surface area contributed by atoms with E-state index in [0.29, 0.717) is 10.7 Å². The van der Waals surface area contributed by atoms with Gasteiger partial charge in [-0.25, -0.2) is 4.98 Å². The van der Waals surface area contributed by atoms with Gasteiger partial charge in [0.1, 0.15) is 11.3 Å². The monoisotopic (exact) mass is 374 g/mol. The van der Waals surface area contributed by atoms with Crippen LogP contribution in [0, 0.1) is 5.41 Å². The molecular weight excluding hydrogens is 361 g/mol. The summed E-state index contributed by atoms with van der Waals surface area (Å²) < 4.78 is 44.4. The fourth-order valence-corrected chi connectivity index (χ4v) is 3.53. The molecule has 1 fully saturated rings. The average Bonchev–Trinajstić information content (AvgIpc) is 3.26. The molecule has 10 heteroatoms. The van der Waals surface area contributed by atoms with Gasteiger partial charge >= 0.3 is 12.1 Å². The summed E-state index contributed by atoms with van der Waals surface area (Å²) in [6.45, 7) is -1.12. The van der Waals surface area contributed by atoms with Gasteiger partial charge in [-0.3, -0.25) is 9.59 Å². The van der Waals surface area contributed by atoms with E-state index in [0.717, 1.165) is 10.5 Å². The Labute approximate surface area is 143 Å². The Balaban J connectivity index is 1.70. The van der Waals surface area contributed by atoms with Crippen LogP contribution in [0.5, 0.6) is 0 Å². The number of hydrogen-bond donors (Lipinski definition) is 1. The van der Waals surface area contributed by atoms with E-state index < -0.39 is 36.4 Å². The summed E-state index contributed by atoms with van der Waals surface area (Å²) in [5.74, 6) is -2.53. The van der Waals surface area contributed by atoms with Crippen molar-refractivity contribution in [1.29, 1.82) is 0 Å². The van der Waals surface area contributed by atoms with Crippen LogP contribution in [0.15, 0.2) is 28.4 Å². The van der Waals surface area contributed by atoms with E-state index in [1.165, 1.54) is 23.9 Å². The van der Waals surface area contributed by atoms with E-state index in [4.69, 9.17) is 9.52 Å². The molecule has 0 aromatic carbocycles. The van der Waals surface area contributed by atoms with Gasteiger partial charge in [0, 0.05) is 24.0 Å². The SMILES string of the molecule is O=C(Cc1csc(-c2ccoc2)n1)N1CCC(C(=O)O)(C(F)(F)F)C1. The third-order valence-corrected chi connectivity index (χ3v) is 5.17. The van der Waals surface area contributed by atoms with Crippen molar-refractivity contribution in [3.63, 3.8) is 0 Å². The zero-order chi connectivity index (χ0) is 18.2. The van der Waals surface area contributed by atoms with Crippen molar-refractivity contribution in [3.8, 4) is 10.6 Å². The predicted molar refractivity (Wildman–Crippen MR) is 80.8 cm³/mol. The van der Waals surface area contributed by atoms with Gasteiger partial charge in [-0.1, -0.05) is 0 Å². The maximum absolute atomic E-state index is 13.2. The molecule has 0 saturated carbocycles. The summed E-state index contributed by atoms with van der Waals surface area (Å²) in [6.07, 6.45) is -2.76. The number of rotatable bonds is 4. The molecule has 2 aromatic rings. The number of aromatic nitrogens is 1. The van der Waals surface area contributed by atoms with Crippen molar-refractivity contribution in [1.82, 2.24) is 9.88 Å². The summed E-state index contributed by atoms with van der Waals surface area (Å²) in [6, 6.07) is 1.70. The molecule has 1 atom stereocenters. The Morgan fingerprint density at radius 2 is 2.20 bits per heavy atom. The molecule has 3 heterocycles. The largest absolute Gasteiger partial charge is 0.481 e. The second-order valence-corrected chi connectivity index (χ2v) is 6.64. The molecule has 0 spiro atoms. The minimum absolute atomic E-state index is 0.179. The number of alkyl halides is 3. The highest BCUT2D eigenvalue weighted by atomic mass is 32.1. The van der Waals surface area contributed by atoms with E-state index in [1.807, 2.05) is 0 Å². The van der Waals surface area contributed by atoms with Gasteiger partial charge in [0.25, 0.3) is 0 Å².